The van der Waals surface area contributed by atoms with Crippen LogP contribution in [0.5, 0.6) is 5.75 Å². The van der Waals surface area contributed by atoms with Crippen LogP contribution in [0.2, 0.25) is 0 Å². The Kier molecular flexibility index (Phi) is 4.85. The summed E-state index contributed by atoms with van der Waals surface area (Å²) in [6.07, 6.45) is 6.44. The number of aromatic nitrogens is 3. The van der Waals surface area contributed by atoms with Crippen LogP contribution >= 0.6 is 10.9 Å². The van der Waals surface area contributed by atoms with E-state index in [1.54, 1.807) is 12.0 Å². The van der Waals surface area contributed by atoms with Gasteiger partial charge >= 0.3 is 0 Å². The van der Waals surface area contributed by atoms with Crippen LogP contribution in [0.4, 0.5) is 11.8 Å². The normalized spacial score (nSPS) is 20.6. The number of aryl methyl sites for hydroxylation is 1. The summed E-state index contributed by atoms with van der Waals surface area (Å²) in [5.41, 5.74) is 15.4. The van der Waals surface area contributed by atoms with E-state index in [1.807, 2.05) is 0 Å². The van der Waals surface area contributed by atoms with Crippen LogP contribution in [-0.4, -0.2) is 45.5 Å². The fourth-order valence-electron chi connectivity index (χ4n) is 4.68. The van der Waals surface area contributed by atoms with Gasteiger partial charge in [0.15, 0.2) is 0 Å². The molecule has 166 valence electrons. The summed E-state index contributed by atoms with van der Waals surface area (Å²) in [5, 5.41) is 3.04. The van der Waals surface area contributed by atoms with Crippen LogP contribution < -0.4 is 16.2 Å². The van der Waals surface area contributed by atoms with E-state index in [4.69, 9.17) is 16.2 Å². The third-order valence-electron chi connectivity index (χ3n) is 6.11. The number of rotatable bonds is 4. The molecule has 1 saturated heterocycles. The second-order valence-corrected chi connectivity index (χ2v) is 10.1. The number of anilines is 2. The van der Waals surface area contributed by atoms with Gasteiger partial charge in [-0.05, 0) is 48.1 Å². The van der Waals surface area contributed by atoms with Gasteiger partial charge in [0.1, 0.15) is 17.2 Å². The van der Waals surface area contributed by atoms with Crippen molar-refractivity contribution in [1.29, 1.82) is 0 Å². The van der Waals surface area contributed by atoms with Gasteiger partial charge in [-0.25, -0.2) is 0 Å². The van der Waals surface area contributed by atoms with E-state index < -0.39 is 10.9 Å². The zero-order valence-electron chi connectivity index (χ0n) is 18.1. The molecule has 2 aliphatic rings. The number of nitrogens with two attached hydrogens (primary N) is 2. The Labute approximate surface area is 188 Å². The summed E-state index contributed by atoms with van der Waals surface area (Å²) in [7, 11) is 0.836. The van der Waals surface area contributed by atoms with Crippen LogP contribution in [0.3, 0.4) is 0 Å². The van der Waals surface area contributed by atoms with Crippen molar-refractivity contribution >= 4 is 45.7 Å². The third kappa shape index (κ3) is 3.12. The Hall–Kier alpha value is -3.46. The molecule has 0 spiro atoms. The largest absolute Gasteiger partial charge is 0.496 e. The van der Waals surface area contributed by atoms with Crippen molar-refractivity contribution in [2.45, 2.75) is 29.2 Å². The summed E-state index contributed by atoms with van der Waals surface area (Å²) in [6.45, 7) is 6.93. The molecule has 0 radical (unpaired) electrons. The predicted octanol–water partition coefficient (Wildman–Crippen LogP) is 3.28. The molecule has 1 amide bonds. The molecule has 3 aromatic rings. The van der Waals surface area contributed by atoms with E-state index in [0.717, 1.165) is 33.6 Å². The van der Waals surface area contributed by atoms with E-state index in [2.05, 4.69) is 57.9 Å². The minimum Gasteiger partial charge on any atom is -0.496 e. The zero-order valence-corrected chi connectivity index (χ0v) is 19.0. The number of fused-ring (bicyclic) bond motifs is 2. The molecule has 8 nitrogen and oxygen atoms in total. The van der Waals surface area contributed by atoms with Gasteiger partial charge in [0.25, 0.3) is 0 Å². The van der Waals surface area contributed by atoms with E-state index in [9.17, 15) is 4.79 Å². The van der Waals surface area contributed by atoms with Gasteiger partial charge in [-0.3, -0.25) is 4.79 Å². The van der Waals surface area contributed by atoms with E-state index in [1.165, 1.54) is 11.0 Å². The number of ether oxygens (including phenoxy) is 1. The van der Waals surface area contributed by atoms with Crippen molar-refractivity contribution < 1.29 is 9.53 Å². The highest BCUT2D eigenvalue weighted by Crippen LogP contribution is 2.58. The number of benzene rings is 1. The molecule has 0 aliphatic carbocycles. The highest BCUT2D eigenvalue weighted by atomic mass is 32.2. The smallest absolute Gasteiger partial charge is 0.246 e. The van der Waals surface area contributed by atoms with Gasteiger partial charge in [0.05, 0.1) is 18.5 Å². The molecular weight excluding hydrogens is 424 g/mol. The van der Waals surface area contributed by atoms with Gasteiger partial charge < -0.3 is 25.7 Å². The molecule has 2 aromatic heterocycles. The molecule has 5 rings (SSSR count). The van der Waals surface area contributed by atoms with E-state index >= 15 is 0 Å². The van der Waals surface area contributed by atoms with Gasteiger partial charge in [0, 0.05) is 29.1 Å². The number of hydrogen-bond donors (Lipinski definition) is 3. The van der Waals surface area contributed by atoms with Crippen molar-refractivity contribution in [2.75, 3.05) is 31.7 Å². The van der Waals surface area contributed by atoms with Crippen LogP contribution in [0.1, 0.15) is 23.6 Å². The maximum absolute atomic E-state index is 12.1. The van der Waals surface area contributed by atoms with Gasteiger partial charge in [0.2, 0.25) is 11.9 Å². The highest BCUT2D eigenvalue weighted by Gasteiger charge is 2.31. The lowest BCUT2D eigenvalue weighted by Gasteiger charge is -2.19. The van der Waals surface area contributed by atoms with E-state index in [0.29, 0.717) is 24.6 Å². The lowest BCUT2D eigenvalue weighted by molar-refractivity contribution is -0.125. The molecule has 4 N–H and O–H groups in total. The first kappa shape index (κ1) is 20.4. The lowest BCUT2D eigenvalue weighted by Crippen LogP contribution is -2.27. The standard InChI is InChI=1S/C23H26N6O2S/c1-4-18(30)28-7-5-15(11-28)29-12-17(19-21(24)26-23(25)27-22(19)29)32-8-6-14-9-13(2)10-16(31-3)20(14)32/h4,6,8-10,12,15,32H,1,5,7,11H2,2-3H3,(H4,24,25,26,27). The topological polar surface area (TPSA) is 112 Å². The zero-order chi connectivity index (χ0) is 22.6. The number of amides is 1. The molecule has 9 heteroatoms. The third-order valence-corrected chi connectivity index (χ3v) is 8.38. The first-order chi connectivity index (χ1) is 15.4. The molecular formula is C23H26N6O2S. The lowest BCUT2D eigenvalue weighted by atomic mass is 10.1. The molecule has 4 heterocycles. The van der Waals surface area contributed by atoms with Gasteiger partial charge in [-0.15, -0.1) is 0 Å². The van der Waals surface area contributed by atoms with Crippen molar-refractivity contribution in [2.24, 2.45) is 0 Å². The van der Waals surface area contributed by atoms with Gasteiger partial charge in [-0.1, -0.05) is 12.6 Å². The van der Waals surface area contributed by atoms with Crippen LogP contribution in [0.15, 0.2) is 46.2 Å². The molecule has 0 saturated carbocycles. The number of carbonyl (C=O) groups is 1. The molecule has 1 fully saturated rings. The van der Waals surface area contributed by atoms with Crippen molar-refractivity contribution in [3.8, 4) is 5.75 Å². The SMILES string of the molecule is C=CC(=O)N1CCC(n2cc([SH]3C=Cc4cc(C)cc(OC)c43)c3c(N)nc(N)nc32)C1. The summed E-state index contributed by atoms with van der Waals surface area (Å²) in [5.74, 6) is 1.32. The van der Waals surface area contributed by atoms with Crippen molar-refractivity contribution in [3.05, 3.63) is 47.5 Å². The molecule has 32 heavy (non-hydrogen) atoms. The number of methoxy groups -OCH3 is 1. The Morgan fingerprint density at radius 2 is 2.16 bits per heavy atom. The fourth-order valence-corrected chi connectivity index (χ4v) is 7.05. The number of nitrogens with zero attached hydrogens (tertiary/aromatic N) is 4. The Morgan fingerprint density at radius 3 is 2.91 bits per heavy atom. The first-order valence-corrected chi connectivity index (χ1v) is 11.8. The highest BCUT2D eigenvalue weighted by molar-refractivity contribution is 8.20. The molecule has 0 bridgehead atoms. The second kappa shape index (κ2) is 7.59. The minimum absolute atomic E-state index is 0.0602. The molecule has 2 atom stereocenters. The molecule has 1 aromatic carbocycles. The quantitative estimate of drug-likeness (QED) is 0.415. The average Bonchev–Trinajstić information content (AvgIpc) is 3.48. The molecule has 2 unspecified atom stereocenters. The predicted molar refractivity (Wildman–Crippen MR) is 129 cm³/mol. The summed E-state index contributed by atoms with van der Waals surface area (Å²) in [4.78, 5) is 25.0. The average molecular weight is 451 g/mol. The number of hydrogen-bond acceptors (Lipinski definition) is 6. The number of likely N-dealkylation sites (tertiary alicyclic amines) is 1. The second-order valence-electron chi connectivity index (χ2n) is 8.11. The Bertz CT molecular complexity index is 1300. The van der Waals surface area contributed by atoms with Crippen LogP contribution in [0.25, 0.3) is 17.1 Å². The number of carbonyl (C=O) groups excluding carboxylic acids is 1. The van der Waals surface area contributed by atoms with Crippen LogP contribution in [0, 0.1) is 6.92 Å². The summed E-state index contributed by atoms with van der Waals surface area (Å²) in [6, 6.07) is 4.31. The number of nitrogen functional groups attached to an aromatic ring is 2. The van der Waals surface area contributed by atoms with E-state index in [-0.39, 0.29) is 17.9 Å². The Morgan fingerprint density at radius 1 is 1.34 bits per heavy atom. The summed E-state index contributed by atoms with van der Waals surface area (Å²) >= 11 is 0. The number of thiol groups is 1. The molecule has 2 aliphatic heterocycles. The van der Waals surface area contributed by atoms with Crippen molar-refractivity contribution in [1.82, 2.24) is 19.4 Å². The maximum atomic E-state index is 12.1. The minimum atomic E-state index is -0.865. The van der Waals surface area contributed by atoms with Crippen molar-refractivity contribution in [3.63, 3.8) is 0 Å². The Balaban J connectivity index is 1.67. The maximum Gasteiger partial charge on any atom is 0.246 e. The summed E-state index contributed by atoms with van der Waals surface area (Å²) < 4.78 is 7.86. The monoisotopic (exact) mass is 450 g/mol. The van der Waals surface area contributed by atoms with Crippen LogP contribution in [-0.2, 0) is 4.79 Å². The fraction of sp³-hybridized carbons (Fsp3) is 0.261. The van der Waals surface area contributed by atoms with Gasteiger partial charge in [-0.2, -0.15) is 20.9 Å². The first-order valence-electron chi connectivity index (χ1n) is 10.4.